The van der Waals surface area contributed by atoms with Gasteiger partial charge in [0.1, 0.15) is 11.7 Å². The molecule has 0 aromatic heterocycles. The van der Waals surface area contributed by atoms with Gasteiger partial charge in [-0.2, -0.15) is 0 Å². The number of rotatable bonds is 1. The standard InChI is InChI=1S/C21H32O3/c1-19-8-5-14(23)11-13(19)3-4-15-16(19)6-9-20(2)17(15)7-10-21(20)18(12-22)24-21/h3,14-18,22-23H,4-12H2,1-2H3/t14-,15+,16-,17-,18?,19-,20-,21+/m0/s1. The topological polar surface area (TPSA) is 53.0 Å². The molecule has 1 unspecified atom stereocenters. The summed E-state index contributed by atoms with van der Waals surface area (Å²) in [7, 11) is 0. The third-order valence-corrected chi connectivity index (χ3v) is 9.24. The molecule has 3 nitrogen and oxygen atoms in total. The lowest BCUT2D eigenvalue weighted by Crippen LogP contribution is -2.52. The Hall–Kier alpha value is -0.380. The smallest absolute Gasteiger partial charge is 0.111 e. The Balaban J connectivity index is 1.47. The predicted molar refractivity (Wildman–Crippen MR) is 92.4 cm³/mol. The van der Waals surface area contributed by atoms with Crippen molar-refractivity contribution < 1.29 is 14.9 Å². The zero-order chi connectivity index (χ0) is 16.7. The second-order valence-corrected chi connectivity index (χ2v) is 9.83. The van der Waals surface area contributed by atoms with E-state index < -0.39 is 0 Å². The van der Waals surface area contributed by atoms with Crippen LogP contribution in [0.25, 0.3) is 0 Å². The summed E-state index contributed by atoms with van der Waals surface area (Å²) in [5, 5.41) is 19.7. The summed E-state index contributed by atoms with van der Waals surface area (Å²) in [5.74, 6) is 2.30. The van der Waals surface area contributed by atoms with Crippen LogP contribution >= 0.6 is 0 Å². The average molecular weight is 332 g/mol. The van der Waals surface area contributed by atoms with Gasteiger partial charge in [-0.05, 0) is 74.5 Å². The van der Waals surface area contributed by atoms with Crippen molar-refractivity contribution in [2.75, 3.05) is 6.61 Å². The van der Waals surface area contributed by atoms with Gasteiger partial charge in [0.15, 0.2) is 0 Å². The van der Waals surface area contributed by atoms with Crippen molar-refractivity contribution in [3.05, 3.63) is 11.6 Å². The fraction of sp³-hybridized carbons (Fsp3) is 0.905. The summed E-state index contributed by atoms with van der Waals surface area (Å²) in [6.45, 7) is 5.14. The highest BCUT2D eigenvalue weighted by molar-refractivity contribution is 5.28. The van der Waals surface area contributed by atoms with Crippen LogP contribution < -0.4 is 0 Å². The lowest BCUT2D eigenvalue weighted by atomic mass is 9.47. The summed E-state index contributed by atoms with van der Waals surface area (Å²) in [6, 6.07) is 0. The molecule has 1 saturated heterocycles. The summed E-state index contributed by atoms with van der Waals surface area (Å²) >= 11 is 0. The van der Waals surface area contributed by atoms with Gasteiger partial charge in [0.2, 0.25) is 0 Å². The first-order valence-electron chi connectivity index (χ1n) is 10.1. The molecule has 3 heteroatoms. The van der Waals surface area contributed by atoms with Gasteiger partial charge in [0, 0.05) is 5.41 Å². The Morgan fingerprint density at radius 1 is 1.12 bits per heavy atom. The monoisotopic (exact) mass is 332 g/mol. The SMILES string of the molecule is C[C@]12CC[C@H](O)CC1=CC[C@@H]1[C@@H]2CC[C@@]2(C)[C@H]1CC[C@]21OC1CO. The van der Waals surface area contributed by atoms with E-state index in [1.54, 1.807) is 5.57 Å². The Kier molecular flexibility index (Phi) is 3.21. The van der Waals surface area contributed by atoms with Crippen molar-refractivity contribution in [2.24, 2.45) is 28.6 Å². The van der Waals surface area contributed by atoms with E-state index in [9.17, 15) is 10.2 Å². The van der Waals surface area contributed by atoms with E-state index in [1.165, 1.54) is 25.7 Å². The number of aliphatic hydroxyl groups excluding tert-OH is 2. The molecule has 4 aliphatic carbocycles. The molecule has 1 spiro atoms. The number of ether oxygens (including phenoxy) is 1. The highest BCUT2D eigenvalue weighted by atomic mass is 16.6. The minimum atomic E-state index is -0.116. The molecule has 8 atom stereocenters. The van der Waals surface area contributed by atoms with E-state index in [4.69, 9.17) is 4.74 Å². The van der Waals surface area contributed by atoms with E-state index in [-0.39, 0.29) is 29.8 Å². The number of epoxide rings is 1. The van der Waals surface area contributed by atoms with Crippen LogP contribution in [0.3, 0.4) is 0 Å². The first-order valence-corrected chi connectivity index (χ1v) is 10.1. The maximum atomic E-state index is 10.1. The first kappa shape index (κ1) is 15.8. The van der Waals surface area contributed by atoms with Gasteiger partial charge in [0.25, 0.3) is 0 Å². The molecule has 24 heavy (non-hydrogen) atoms. The second-order valence-electron chi connectivity index (χ2n) is 9.83. The van der Waals surface area contributed by atoms with Gasteiger partial charge in [-0.25, -0.2) is 0 Å². The van der Waals surface area contributed by atoms with Gasteiger partial charge < -0.3 is 14.9 Å². The molecule has 5 aliphatic rings. The number of allylic oxidation sites excluding steroid dienone is 1. The molecule has 0 aromatic rings. The van der Waals surface area contributed by atoms with Crippen LogP contribution in [0.2, 0.25) is 0 Å². The molecular weight excluding hydrogens is 300 g/mol. The third-order valence-electron chi connectivity index (χ3n) is 9.24. The Morgan fingerprint density at radius 2 is 1.92 bits per heavy atom. The lowest BCUT2D eigenvalue weighted by molar-refractivity contribution is -0.0558. The molecule has 5 rings (SSSR count). The maximum Gasteiger partial charge on any atom is 0.111 e. The van der Waals surface area contributed by atoms with Gasteiger partial charge in [0.05, 0.1) is 12.7 Å². The number of aliphatic hydroxyl groups is 2. The van der Waals surface area contributed by atoms with Crippen LogP contribution in [0.15, 0.2) is 11.6 Å². The highest BCUT2D eigenvalue weighted by Crippen LogP contribution is 2.72. The number of hydrogen-bond acceptors (Lipinski definition) is 3. The van der Waals surface area contributed by atoms with Gasteiger partial charge >= 0.3 is 0 Å². The van der Waals surface area contributed by atoms with E-state index in [1.807, 2.05) is 0 Å². The zero-order valence-electron chi connectivity index (χ0n) is 15.1. The van der Waals surface area contributed by atoms with Crippen molar-refractivity contribution >= 4 is 0 Å². The summed E-state index contributed by atoms with van der Waals surface area (Å²) in [6.07, 6.45) is 11.7. The first-order chi connectivity index (χ1) is 11.4. The highest BCUT2D eigenvalue weighted by Gasteiger charge is 2.74. The van der Waals surface area contributed by atoms with E-state index in [2.05, 4.69) is 19.9 Å². The average Bonchev–Trinajstić information content (AvgIpc) is 3.21. The van der Waals surface area contributed by atoms with Gasteiger partial charge in [-0.3, -0.25) is 0 Å². The van der Waals surface area contributed by atoms with Crippen LogP contribution in [-0.4, -0.2) is 34.6 Å². The number of fused-ring (bicyclic) bond motifs is 6. The molecule has 3 saturated carbocycles. The Labute approximate surface area is 145 Å². The molecule has 2 N–H and O–H groups in total. The van der Waals surface area contributed by atoms with E-state index >= 15 is 0 Å². The molecule has 4 fully saturated rings. The molecule has 134 valence electrons. The van der Waals surface area contributed by atoms with Crippen LogP contribution in [-0.2, 0) is 4.74 Å². The van der Waals surface area contributed by atoms with Crippen molar-refractivity contribution in [1.82, 2.24) is 0 Å². The molecule has 0 amide bonds. The summed E-state index contributed by atoms with van der Waals surface area (Å²) < 4.78 is 6.11. The van der Waals surface area contributed by atoms with E-state index in [0.29, 0.717) is 5.41 Å². The number of hydrogen-bond donors (Lipinski definition) is 2. The van der Waals surface area contributed by atoms with Gasteiger partial charge in [-0.1, -0.05) is 25.5 Å². The largest absolute Gasteiger partial charge is 0.394 e. The minimum absolute atomic E-state index is 0.00889. The fourth-order valence-corrected chi connectivity index (χ4v) is 7.80. The Bertz CT molecular complexity index is 586. The van der Waals surface area contributed by atoms with Crippen LogP contribution in [0.1, 0.15) is 65.2 Å². The van der Waals surface area contributed by atoms with Crippen molar-refractivity contribution in [2.45, 2.75) is 83.0 Å². The minimum Gasteiger partial charge on any atom is -0.394 e. The summed E-state index contributed by atoms with van der Waals surface area (Å²) in [4.78, 5) is 0. The molecular formula is C21H32O3. The third kappa shape index (κ3) is 1.74. The molecule has 0 bridgehead atoms. The molecule has 1 heterocycles. The van der Waals surface area contributed by atoms with Crippen LogP contribution in [0.5, 0.6) is 0 Å². The molecule has 0 radical (unpaired) electrons. The predicted octanol–water partition coefficient (Wildman–Crippen LogP) is 3.44. The lowest BCUT2D eigenvalue weighted by Gasteiger charge is -2.57. The second kappa shape index (κ2) is 4.86. The summed E-state index contributed by atoms with van der Waals surface area (Å²) in [5.41, 5.74) is 2.12. The molecule has 0 aromatic carbocycles. The fourth-order valence-electron chi connectivity index (χ4n) is 7.80. The van der Waals surface area contributed by atoms with Crippen LogP contribution in [0.4, 0.5) is 0 Å². The van der Waals surface area contributed by atoms with Crippen molar-refractivity contribution in [3.8, 4) is 0 Å². The maximum absolute atomic E-state index is 10.1. The van der Waals surface area contributed by atoms with Crippen LogP contribution in [0, 0.1) is 28.6 Å². The van der Waals surface area contributed by atoms with Gasteiger partial charge in [-0.15, -0.1) is 0 Å². The van der Waals surface area contributed by atoms with Crippen molar-refractivity contribution in [1.29, 1.82) is 0 Å². The Morgan fingerprint density at radius 3 is 2.67 bits per heavy atom. The quantitative estimate of drug-likeness (QED) is 0.571. The molecule has 1 aliphatic heterocycles. The normalized spacial score (nSPS) is 58.7. The zero-order valence-corrected chi connectivity index (χ0v) is 15.1. The van der Waals surface area contributed by atoms with Crippen molar-refractivity contribution in [3.63, 3.8) is 0 Å². The van der Waals surface area contributed by atoms with E-state index in [0.717, 1.165) is 43.4 Å².